The zero-order valence-electron chi connectivity index (χ0n) is 31.7. The molecule has 0 spiro atoms. The summed E-state index contributed by atoms with van der Waals surface area (Å²) in [4.78, 5) is 26.7. The van der Waals surface area contributed by atoms with E-state index in [-0.39, 0.29) is 23.1 Å². The van der Waals surface area contributed by atoms with Gasteiger partial charge in [-0.1, -0.05) is 42.5 Å². The average molecular weight is 759 g/mol. The van der Waals surface area contributed by atoms with Crippen molar-refractivity contribution in [1.82, 2.24) is 0 Å². The number of rotatable bonds is 13. The molecule has 0 fully saturated rings. The van der Waals surface area contributed by atoms with Crippen LogP contribution in [0.15, 0.2) is 115 Å². The highest BCUT2D eigenvalue weighted by Crippen LogP contribution is 2.36. The lowest BCUT2D eigenvalue weighted by molar-refractivity contribution is -0.162. The predicted octanol–water partition coefficient (Wildman–Crippen LogP) is 10.6. The first kappa shape index (κ1) is 39.2. The number of hydrogen-bond donors (Lipinski definition) is 1. The molecule has 56 heavy (non-hydrogen) atoms. The number of carbonyl (C=O) groups is 2. The summed E-state index contributed by atoms with van der Waals surface area (Å²) in [5.41, 5.74) is 9.87. The zero-order valence-corrected chi connectivity index (χ0v) is 31.7. The van der Waals surface area contributed by atoms with Gasteiger partial charge in [-0.3, -0.25) is 0 Å². The number of aryl methyl sites for hydroxylation is 2. The zero-order chi connectivity index (χ0) is 39.9. The Morgan fingerprint density at radius 2 is 1.16 bits per heavy atom. The second-order valence-corrected chi connectivity index (χ2v) is 13.5. The number of benzene rings is 6. The van der Waals surface area contributed by atoms with Crippen LogP contribution in [0.3, 0.4) is 0 Å². The molecule has 0 aliphatic heterocycles. The molecule has 0 radical (unpaired) electrons. The molecule has 0 saturated carbocycles. The number of halogens is 3. The Bertz CT molecular complexity index is 2410. The second-order valence-electron chi connectivity index (χ2n) is 13.5. The van der Waals surface area contributed by atoms with Crippen LogP contribution >= 0.6 is 0 Å². The summed E-state index contributed by atoms with van der Waals surface area (Å²) >= 11 is 0. The van der Waals surface area contributed by atoms with E-state index in [1.807, 2.05) is 64.1 Å². The van der Waals surface area contributed by atoms with Crippen molar-refractivity contribution < 1.29 is 37.0 Å². The highest BCUT2D eigenvalue weighted by Gasteiger charge is 2.18. The minimum Gasteiger partial charge on any atom is -0.482 e. The van der Waals surface area contributed by atoms with E-state index in [1.54, 1.807) is 48.3 Å². The summed E-state index contributed by atoms with van der Waals surface area (Å²) < 4.78 is 59.1. The molecule has 0 heterocycles. The van der Waals surface area contributed by atoms with Gasteiger partial charge in [0.25, 0.3) is 0 Å². The third kappa shape index (κ3) is 9.57. The molecule has 0 aliphatic carbocycles. The van der Waals surface area contributed by atoms with E-state index in [0.29, 0.717) is 23.5 Å². The van der Waals surface area contributed by atoms with Crippen LogP contribution in [0.4, 0.5) is 30.2 Å². The molecule has 0 unspecified atom stereocenters. The molecule has 7 nitrogen and oxygen atoms in total. The Balaban J connectivity index is 1.02. The number of esters is 2. The van der Waals surface area contributed by atoms with E-state index >= 15 is 4.39 Å². The Kier molecular flexibility index (Phi) is 12.1. The fourth-order valence-electron chi connectivity index (χ4n) is 6.31. The van der Waals surface area contributed by atoms with Gasteiger partial charge in [0.2, 0.25) is 0 Å². The summed E-state index contributed by atoms with van der Waals surface area (Å²) in [7, 11) is 1.70. The molecule has 1 N–H and O–H groups in total. The van der Waals surface area contributed by atoms with Crippen LogP contribution in [0, 0.1) is 45.1 Å². The van der Waals surface area contributed by atoms with Crippen molar-refractivity contribution in [1.29, 1.82) is 0 Å². The van der Waals surface area contributed by atoms with E-state index in [4.69, 9.17) is 14.2 Å². The van der Waals surface area contributed by atoms with Gasteiger partial charge in [0, 0.05) is 37.1 Å². The number of hydrogen-bond acceptors (Lipinski definition) is 7. The maximum Gasteiger partial charge on any atom is 0.351 e. The SMILES string of the molecule is Cc1cc(-c2cccc(F)c2)cc(CNc2cccc(OCC(=O)OC(=O)COc3ccc(F)c(N(C)c4cc(-c5cccc(F)c5)cc(C)c4C)c3)c2)c1C. The molecule has 0 atom stereocenters. The van der Waals surface area contributed by atoms with Gasteiger partial charge in [0.05, 0.1) is 5.69 Å². The minimum absolute atomic E-state index is 0.179. The third-order valence-electron chi connectivity index (χ3n) is 9.63. The number of nitrogens with zero attached hydrogens (tertiary/aromatic N) is 1. The lowest BCUT2D eigenvalue weighted by atomic mass is 9.95. The Morgan fingerprint density at radius 3 is 1.79 bits per heavy atom. The van der Waals surface area contributed by atoms with Gasteiger partial charge >= 0.3 is 11.9 Å². The first-order valence-corrected chi connectivity index (χ1v) is 17.9. The van der Waals surface area contributed by atoms with E-state index < -0.39 is 31.0 Å². The minimum atomic E-state index is -0.950. The molecule has 0 saturated heterocycles. The van der Waals surface area contributed by atoms with Crippen LogP contribution in [0.2, 0.25) is 0 Å². The molecular weight excluding hydrogens is 718 g/mol. The Hall–Kier alpha value is -6.55. The normalized spacial score (nSPS) is 10.9. The Morgan fingerprint density at radius 1 is 0.589 bits per heavy atom. The van der Waals surface area contributed by atoms with Crippen molar-refractivity contribution in [3.05, 3.63) is 161 Å². The summed E-state index contributed by atoms with van der Waals surface area (Å²) in [5, 5.41) is 3.37. The maximum absolute atomic E-state index is 15.2. The van der Waals surface area contributed by atoms with Gasteiger partial charge in [-0.05, 0) is 138 Å². The van der Waals surface area contributed by atoms with Gasteiger partial charge in [-0.2, -0.15) is 0 Å². The summed E-state index contributed by atoms with van der Waals surface area (Å²) in [5.74, 6) is -2.48. The molecule has 0 aliphatic rings. The largest absolute Gasteiger partial charge is 0.482 e. The van der Waals surface area contributed by atoms with E-state index in [1.165, 1.54) is 42.5 Å². The molecular formula is C46H41F3N2O5. The fraction of sp³-hybridized carbons (Fsp3) is 0.174. The van der Waals surface area contributed by atoms with Crippen LogP contribution in [0.1, 0.15) is 27.8 Å². The number of carbonyl (C=O) groups excluding carboxylic acids is 2. The van der Waals surface area contributed by atoms with Crippen molar-refractivity contribution >= 4 is 29.0 Å². The molecule has 6 aromatic carbocycles. The molecule has 6 aromatic rings. The monoisotopic (exact) mass is 758 g/mol. The fourth-order valence-corrected chi connectivity index (χ4v) is 6.31. The quantitative estimate of drug-likeness (QED) is 0.0928. The van der Waals surface area contributed by atoms with Gasteiger partial charge in [-0.25, -0.2) is 22.8 Å². The molecule has 0 bridgehead atoms. The summed E-state index contributed by atoms with van der Waals surface area (Å²) in [6, 6.07) is 31.7. The van der Waals surface area contributed by atoms with Crippen molar-refractivity contribution in [2.75, 3.05) is 30.5 Å². The van der Waals surface area contributed by atoms with Gasteiger partial charge in [0.1, 0.15) is 29.0 Å². The molecule has 0 amide bonds. The summed E-state index contributed by atoms with van der Waals surface area (Å²) in [6.45, 7) is 7.26. The van der Waals surface area contributed by atoms with Gasteiger partial charge < -0.3 is 24.4 Å². The first-order valence-electron chi connectivity index (χ1n) is 17.9. The molecule has 6 rings (SSSR count). The number of anilines is 3. The van der Waals surface area contributed by atoms with Crippen molar-refractivity contribution in [3.63, 3.8) is 0 Å². The average Bonchev–Trinajstić information content (AvgIpc) is 3.18. The number of ether oxygens (including phenoxy) is 3. The highest BCUT2D eigenvalue weighted by molar-refractivity contribution is 5.87. The standard InChI is InChI=1S/C46H41F3N2O5/c1-28-17-34(32-9-6-11-37(47)20-32)19-36(30(28)3)25-50-39-13-8-14-40(23-39)54-26-45(52)56-46(53)27-55-41-15-16-42(49)44(24-41)51(5)43-22-35(18-29(2)31(43)4)33-10-7-12-38(48)21-33/h6-24,50H,25-27H2,1-5H3. The molecule has 10 heteroatoms. The van der Waals surface area contributed by atoms with E-state index in [0.717, 1.165) is 50.2 Å². The van der Waals surface area contributed by atoms with Crippen molar-refractivity contribution in [2.45, 2.75) is 34.2 Å². The van der Waals surface area contributed by atoms with Gasteiger partial charge in [-0.15, -0.1) is 0 Å². The van der Waals surface area contributed by atoms with E-state index in [2.05, 4.69) is 5.32 Å². The van der Waals surface area contributed by atoms with Crippen molar-refractivity contribution in [2.24, 2.45) is 0 Å². The molecule has 0 aromatic heterocycles. The van der Waals surface area contributed by atoms with Crippen LogP contribution in [0.25, 0.3) is 22.3 Å². The maximum atomic E-state index is 15.2. The lowest BCUT2D eigenvalue weighted by Crippen LogP contribution is -2.23. The van der Waals surface area contributed by atoms with E-state index in [9.17, 15) is 18.4 Å². The van der Waals surface area contributed by atoms with Crippen LogP contribution in [-0.2, 0) is 20.9 Å². The van der Waals surface area contributed by atoms with Gasteiger partial charge in [0.15, 0.2) is 13.2 Å². The second kappa shape index (κ2) is 17.3. The smallest absolute Gasteiger partial charge is 0.351 e. The van der Waals surface area contributed by atoms with Crippen LogP contribution < -0.4 is 19.7 Å². The lowest BCUT2D eigenvalue weighted by Gasteiger charge is -2.25. The highest BCUT2D eigenvalue weighted by atomic mass is 19.1. The van der Waals surface area contributed by atoms with Crippen molar-refractivity contribution in [3.8, 4) is 33.8 Å². The first-order chi connectivity index (χ1) is 26.8. The van der Waals surface area contributed by atoms with Crippen LogP contribution in [0.5, 0.6) is 11.5 Å². The Labute approximate surface area is 324 Å². The number of nitrogens with one attached hydrogen (secondary N) is 1. The molecule has 286 valence electrons. The third-order valence-corrected chi connectivity index (χ3v) is 9.63. The predicted molar refractivity (Wildman–Crippen MR) is 213 cm³/mol. The summed E-state index contributed by atoms with van der Waals surface area (Å²) in [6.07, 6.45) is 0. The topological polar surface area (TPSA) is 77.1 Å². The van der Waals surface area contributed by atoms with Crippen LogP contribution in [-0.4, -0.2) is 32.2 Å².